The van der Waals surface area contributed by atoms with E-state index in [2.05, 4.69) is 6.58 Å². The van der Waals surface area contributed by atoms with Crippen LogP contribution in [0.25, 0.3) is 0 Å². The molecule has 0 aliphatic heterocycles. The average molecular weight is 255 g/mol. The van der Waals surface area contributed by atoms with Crippen molar-refractivity contribution in [1.82, 2.24) is 4.90 Å². The number of carbonyl (C=O) groups is 2. The number of amides is 1. The lowest BCUT2D eigenvalue weighted by Crippen LogP contribution is -2.46. The molecular formula is C14H25NO3. The highest BCUT2D eigenvalue weighted by Crippen LogP contribution is 2.16. The van der Waals surface area contributed by atoms with Crippen LogP contribution < -0.4 is 0 Å². The van der Waals surface area contributed by atoms with E-state index in [0.717, 1.165) is 0 Å². The lowest BCUT2D eigenvalue weighted by molar-refractivity contribution is -0.154. The second-order valence-corrected chi connectivity index (χ2v) is 6.25. The number of ether oxygens (including phenoxy) is 1. The maximum atomic E-state index is 11.7. The predicted octanol–water partition coefficient (Wildman–Crippen LogP) is 2.39. The lowest BCUT2D eigenvalue weighted by Gasteiger charge is -2.35. The fraction of sp³-hybridized carbons (Fsp3) is 0.714. The van der Waals surface area contributed by atoms with Gasteiger partial charge in [-0.3, -0.25) is 9.59 Å². The standard InChI is InChI=1S/C14H25NO3/c1-8-11(16)15(14(5,6)7)9-10-18-12(17)13(2,3)4/h8H,1,9-10H2,2-7H3. The van der Waals surface area contributed by atoms with Gasteiger partial charge in [0, 0.05) is 5.54 Å². The van der Waals surface area contributed by atoms with Crippen molar-refractivity contribution in [2.75, 3.05) is 13.2 Å². The Labute approximate surface area is 110 Å². The Morgan fingerprint density at radius 2 is 1.67 bits per heavy atom. The lowest BCUT2D eigenvalue weighted by atomic mass is 9.97. The summed E-state index contributed by atoms with van der Waals surface area (Å²) in [6.45, 7) is 15.2. The third-order valence-electron chi connectivity index (χ3n) is 2.41. The van der Waals surface area contributed by atoms with Crippen molar-refractivity contribution in [1.29, 1.82) is 0 Å². The maximum absolute atomic E-state index is 11.7. The van der Waals surface area contributed by atoms with Crippen molar-refractivity contribution in [3.8, 4) is 0 Å². The summed E-state index contributed by atoms with van der Waals surface area (Å²) in [6.07, 6.45) is 1.27. The summed E-state index contributed by atoms with van der Waals surface area (Å²) in [4.78, 5) is 24.9. The largest absolute Gasteiger partial charge is 0.463 e. The quantitative estimate of drug-likeness (QED) is 0.572. The Bertz CT molecular complexity index is 321. The van der Waals surface area contributed by atoms with Crippen LogP contribution in [0.2, 0.25) is 0 Å². The van der Waals surface area contributed by atoms with Crippen LogP contribution in [-0.4, -0.2) is 35.5 Å². The van der Waals surface area contributed by atoms with Crippen LogP contribution in [-0.2, 0) is 14.3 Å². The van der Waals surface area contributed by atoms with Crippen molar-refractivity contribution < 1.29 is 14.3 Å². The van der Waals surface area contributed by atoms with Gasteiger partial charge in [-0.2, -0.15) is 0 Å². The normalized spacial score (nSPS) is 11.9. The zero-order valence-corrected chi connectivity index (χ0v) is 12.4. The third-order valence-corrected chi connectivity index (χ3v) is 2.41. The van der Waals surface area contributed by atoms with E-state index < -0.39 is 5.41 Å². The summed E-state index contributed by atoms with van der Waals surface area (Å²) in [5.41, 5.74) is -0.839. The molecule has 104 valence electrons. The van der Waals surface area contributed by atoms with Gasteiger partial charge in [-0.25, -0.2) is 0 Å². The van der Waals surface area contributed by atoms with Crippen molar-refractivity contribution >= 4 is 11.9 Å². The Hall–Kier alpha value is -1.32. The van der Waals surface area contributed by atoms with E-state index in [9.17, 15) is 9.59 Å². The molecule has 0 saturated carbocycles. The highest BCUT2D eigenvalue weighted by atomic mass is 16.5. The summed E-state index contributed by atoms with van der Waals surface area (Å²) in [5.74, 6) is -0.420. The van der Waals surface area contributed by atoms with Crippen molar-refractivity contribution in [3.05, 3.63) is 12.7 Å². The van der Waals surface area contributed by atoms with Gasteiger partial charge in [0.15, 0.2) is 0 Å². The van der Waals surface area contributed by atoms with Crippen molar-refractivity contribution in [3.63, 3.8) is 0 Å². The van der Waals surface area contributed by atoms with Gasteiger partial charge in [0.05, 0.1) is 12.0 Å². The first-order valence-corrected chi connectivity index (χ1v) is 6.11. The molecular weight excluding hydrogens is 230 g/mol. The molecule has 1 amide bonds. The van der Waals surface area contributed by atoms with Crippen LogP contribution in [0.15, 0.2) is 12.7 Å². The number of nitrogens with zero attached hydrogens (tertiary/aromatic N) is 1. The van der Waals surface area contributed by atoms with Gasteiger partial charge in [0.25, 0.3) is 0 Å². The summed E-state index contributed by atoms with van der Waals surface area (Å²) in [7, 11) is 0. The van der Waals surface area contributed by atoms with Crippen LogP contribution >= 0.6 is 0 Å². The average Bonchev–Trinajstić information content (AvgIpc) is 2.19. The van der Waals surface area contributed by atoms with Gasteiger partial charge in [-0.15, -0.1) is 0 Å². The van der Waals surface area contributed by atoms with Gasteiger partial charge in [-0.1, -0.05) is 6.58 Å². The molecule has 0 heterocycles. The summed E-state index contributed by atoms with van der Waals surface area (Å²) in [5, 5.41) is 0. The molecule has 4 heteroatoms. The van der Waals surface area contributed by atoms with Crippen LogP contribution in [0.4, 0.5) is 0 Å². The van der Waals surface area contributed by atoms with E-state index in [0.29, 0.717) is 6.54 Å². The van der Waals surface area contributed by atoms with Gasteiger partial charge in [0.1, 0.15) is 6.61 Å². The minimum Gasteiger partial charge on any atom is -0.463 e. The SMILES string of the molecule is C=CC(=O)N(CCOC(=O)C(C)(C)C)C(C)(C)C. The molecule has 0 saturated heterocycles. The monoisotopic (exact) mass is 255 g/mol. The Balaban J connectivity index is 4.44. The second-order valence-electron chi connectivity index (χ2n) is 6.25. The molecule has 0 atom stereocenters. The number of carbonyl (C=O) groups excluding carboxylic acids is 2. The van der Waals surface area contributed by atoms with Crippen LogP contribution in [0.1, 0.15) is 41.5 Å². The molecule has 0 aromatic carbocycles. The molecule has 0 spiro atoms. The fourth-order valence-electron chi connectivity index (χ4n) is 1.33. The highest BCUT2D eigenvalue weighted by molar-refractivity contribution is 5.87. The smallest absolute Gasteiger partial charge is 0.311 e. The first-order valence-electron chi connectivity index (χ1n) is 6.11. The van der Waals surface area contributed by atoms with E-state index in [1.54, 1.807) is 25.7 Å². The fourth-order valence-corrected chi connectivity index (χ4v) is 1.33. The molecule has 0 bridgehead atoms. The molecule has 0 aromatic rings. The van der Waals surface area contributed by atoms with E-state index in [1.807, 2.05) is 20.8 Å². The molecule has 0 unspecified atom stereocenters. The van der Waals surface area contributed by atoms with Gasteiger partial charge >= 0.3 is 5.97 Å². The van der Waals surface area contributed by atoms with Gasteiger partial charge in [0.2, 0.25) is 5.91 Å². The van der Waals surface area contributed by atoms with Gasteiger partial charge < -0.3 is 9.64 Å². The summed E-state index contributed by atoms with van der Waals surface area (Å²) >= 11 is 0. The van der Waals surface area contributed by atoms with E-state index >= 15 is 0 Å². The minimum atomic E-state index is -0.519. The second kappa shape index (κ2) is 6.03. The molecule has 0 aromatic heterocycles. The van der Waals surface area contributed by atoms with E-state index in [1.165, 1.54) is 6.08 Å². The molecule has 0 rings (SSSR count). The van der Waals surface area contributed by atoms with E-state index in [-0.39, 0.29) is 24.0 Å². The molecule has 0 fully saturated rings. The van der Waals surface area contributed by atoms with E-state index in [4.69, 9.17) is 4.74 Å². The molecule has 0 radical (unpaired) electrons. The van der Waals surface area contributed by atoms with Crippen LogP contribution in [0.3, 0.4) is 0 Å². The zero-order valence-electron chi connectivity index (χ0n) is 12.4. The molecule has 0 aliphatic rings. The first kappa shape index (κ1) is 16.7. The Kier molecular flexibility index (Phi) is 5.58. The molecule has 18 heavy (non-hydrogen) atoms. The summed E-state index contributed by atoms with van der Waals surface area (Å²) < 4.78 is 5.16. The third kappa shape index (κ3) is 5.34. The number of hydrogen-bond acceptors (Lipinski definition) is 3. The Morgan fingerprint density at radius 1 is 1.17 bits per heavy atom. The molecule has 4 nitrogen and oxygen atoms in total. The molecule has 0 aliphatic carbocycles. The Morgan fingerprint density at radius 3 is 2.00 bits per heavy atom. The highest BCUT2D eigenvalue weighted by Gasteiger charge is 2.26. The summed E-state index contributed by atoms with van der Waals surface area (Å²) in [6, 6.07) is 0. The van der Waals surface area contributed by atoms with Crippen molar-refractivity contribution in [2.24, 2.45) is 5.41 Å². The number of esters is 1. The minimum absolute atomic E-state index is 0.158. The number of hydrogen-bond donors (Lipinski definition) is 0. The topological polar surface area (TPSA) is 46.6 Å². The number of rotatable bonds is 4. The molecule has 0 N–H and O–H groups in total. The zero-order chi connectivity index (χ0) is 14.6. The van der Waals surface area contributed by atoms with Crippen LogP contribution in [0.5, 0.6) is 0 Å². The first-order chi connectivity index (χ1) is 8.00. The van der Waals surface area contributed by atoms with Crippen LogP contribution in [0, 0.1) is 5.41 Å². The maximum Gasteiger partial charge on any atom is 0.311 e. The predicted molar refractivity (Wildman–Crippen MR) is 72.1 cm³/mol. The van der Waals surface area contributed by atoms with Gasteiger partial charge in [-0.05, 0) is 47.6 Å². The van der Waals surface area contributed by atoms with Crippen molar-refractivity contribution in [2.45, 2.75) is 47.1 Å².